The number of halogens is 2. The number of aryl methyl sites for hydroxylation is 1. The van der Waals surface area contributed by atoms with Gasteiger partial charge in [-0.1, -0.05) is 21.1 Å². The Labute approximate surface area is 133 Å². The minimum Gasteiger partial charge on any atom is -0.449 e. The molecule has 0 spiro atoms. The molecule has 0 aliphatic heterocycles. The number of rotatable bonds is 4. The van der Waals surface area contributed by atoms with Gasteiger partial charge in [0.05, 0.1) is 5.56 Å². The first-order valence-corrected chi connectivity index (χ1v) is 7.06. The van der Waals surface area contributed by atoms with Crippen molar-refractivity contribution in [3.63, 3.8) is 0 Å². The lowest BCUT2D eigenvalue weighted by Crippen LogP contribution is -2.30. The van der Waals surface area contributed by atoms with E-state index in [1.54, 1.807) is 6.92 Å². The molecule has 0 fully saturated rings. The summed E-state index contributed by atoms with van der Waals surface area (Å²) in [5.41, 5.74) is -0.250. The number of nitrogens with zero attached hydrogens (tertiary/aromatic N) is 1. The van der Waals surface area contributed by atoms with Crippen molar-refractivity contribution in [3.8, 4) is 0 Å². The average Bonchev–Trinajstić information content (AvgIpc) is 2.83. The molecule has 1 atom stereocenters. The van der Waals surface area contributed by atoms with Gasteiger partial charge in [-0.3, -0.25) is 4.79 Å². The highest BCUT2D eigenvalue weighted by atomic mass is 79.9. The van der Waals surface area contributed by atoms with Crippen molar-refractivity contribution >= 4 is 33.6 Å². The van der Waals surface area contributed by atoms with Gasteiger partial charge in [-0.2, -0.15) is 0 Å². The number of carbonyl (C=O) groups is 2. The second-order valence-corrected chi connectivity index (χ2v) is 5.40. The van der Waals surface area contributed by atoms with Gasteiger partial charge in [0.25, 0.3) is 5.91 Å². The first-order chi connectivity index (χ1) is 10.4. The molecule has 1 amide bonds. The van der Waals surface area contributed by atoms with Gasteiger partial charge in [-0.15, -0.1) is 0 Å². The van der Waals surface area contributed by atoms with Gasteiger partial charge in [0.1, 0.15) is 11.6 Å². The first-order valence-electron chi connectivity index (χ1n) is 6.27. The molecule has 8 heteroatoms. The number of hydrogen-bond acceptors (Lipinski definition) is 5. The summed E-state index contributed by atoms with van der Waals surface area (Å²) in [5.74, 6) is -1.53. The van der Waals surface area contributed by atoms with Crippen LogP contribution in [0.5, 0.6) is 0 Å². The van der Waals surface area contributed by atoms with Crippen molar-refractivity contribution in [2.75, 3.05) is 5.32 Å². The largest absolute Gasteiger partial charge is 0.449 e. The molecule has 0 bridgehead atoms. The Kier molecular flexibility index (Phi) is 4.92. The van der Waals surface area contributed by atoms with Gasteiger partial charge in [0.15, 0.2) is 11.9 Å². The van der Waals surface area contributed by atoms with Crippen LogP contribution in [0, 0.1) is 12.7 Å². The van der Waals surface area contributed by atoms with Crippen molar-refractivity contribution in [1.29, 1.82) is 0 Å². The van der Waals surface area contributed by atoms with Crippen molar-refractivity contribution in [2.24, 2.45) is 0 Å². The van der Waals surface area contributed by atoms with Crippen LogP contribution in [0.1, 0.15) is 23.0 Å². The molecule has 1 aromatic heterocycles. The zero-order valence-corrected chi connectivity index (χ0v) is 13.3. The highest BCUT2D eigenvalue weighted by Crippen LogP contribution is 2.17. The van der Waals surface area contributed by atoms with E-state index in [9.17, 15) is 14.0 Å². The number of amides is 1. The SMILES string of the molecule is Cc1cc(NC(=O)C(C)OC(=O)c2ccc(Br)cc2F)no1. The maximum atomic E-state index is 13.6. The molecule has 0 saturated heterocycles. The van der Waals surface area contributed by atoms with Crippen LogP contribution >= 0.6 is 15.9 Å². The fourth-order valence-electron chi connectivity index (χ4n) is 1.59. The van der Waals surface area contributed by atoms with E-state index >= 15 is 0 Å². The molecule has 0 radical (unpaired) electrons. The van der Waals surface area contributed by atoms with Crippen LogP contribution < -0.4 is 5.32 Å². The summed E-state index contributed by atoms with van der Waals surface area (Å²) in [5, 5.41) is 6.01. The molecule has 0 aliphatic carbocycles. The van der Waals surface area contributed by atoms with E-state index in [1.807, 2.05) is 0 Å². The molecule has 1 aromatic carbocycles. The molecule has 116 valence electrons. The Hall–Kier alpha value is -2.22. The second-order valence-electron chi connectivity index (χ2n) is 4.48. The zero-order chi connectivity index (χ0) is 16.3. The number of benzene rings is 1. The predicted octanol–water partition coefficient (Wildman–Crippen LogP) is 3.07. The molecular weight excluding hydrogens is 359 g/mol. The molecule has 1 unspecified atom stereocenters. The third-order valence-electron chi connectivity index (χ3n) is 2.68. The van der Waals surface area contributed by atoms with Gasteiger partial charge in [0.2, 0.25) is 0 Å². The van der Waals surface area contributed by atoms with E-state index < -0.39 is 23.8 Å². The van der Waals surface area contributed by atoms with Crippen LogP contribution in [0.3, 0.4) is 0 Å². The van der Waals surface area contributed by atoms with Gasteiger partial charge in [-0.25, -0.2) is 9.18 Å². The number of esters is 1. The fraction of sp³-hybridized carbons (Fsp3) is 0.214. The van der Waals surface area contributed by atoms with Gasteiger partial charge in [0, 0.05) is 10.5 Å². The van der Waals surface area contributed by atoms with Crippen molar-refractivity contribution in [1.82, 2.24) is 5.16 Å². The minimum absolute atomic E-state index is 0.209. The zero-order valence-electron chi connectivity index (χ0n) is 11.7. The Bertz CT molecular complexity index is 717. The molecule has 6 nitrogen and oxygen atoms in total. The van der Waals surface area contributed by atoms with Gasteiger partial charge < -0.3 is 14.6 Å². The maximum Gasteiger partial charge on any atom is 0.341 e. The quantitative estimate of drug-likeness (QED) is 0.836. The van der Waals surface area contributed by atoms with E-state index in [2.05, 4.69) is 26.4 Å². The number of hydrogen-bond donors (Lipinski definition) is 1. The number of ether oxygens (including phenoxy) is 1. The lowest BCUT2D eigenvalue weighted by atomic mass is 10.2. The smallest absolute Gasteiger partial charge is 0.341 e. The normalized spacial score (nSPS) is 11.8. The number of anilines is 1. The van der Waals surface area contributed by atoms with Crippen molar-refractivity contribution in [2.45, 2.75) is 20.0 Å². The van der Waals surface area contributed by atoms with Crippen LogP contribution in [0.25, 0.3) is 0 Å². The molecule has 2 aromatic rings. The van der Waals surface area contributed by atoms with Crippen LogP contribution in [-0.4, -0.2) is 23.1 Å². The minimum atomic E-state index is -1.12. The fourth-order valence-corrected chi connectivity index (χ4v) is 1.92. The van der Waals surface area contributed by atoms with Crippen LogP contribution in [0.4, 0.5) is 10.2 Å². The summed E-state index contributed by atoms with van der Waals surface area (Å²) in [6.45, 7) is 3.04. The topological polar surface area (TPSA) is 81.4 Å². The maximum absolute atomic E-state index is 13.6. The van der Waals surface area contributed by atoms with E-state index in [0.29, 0.717) is 10.2 Å². The highest BCUT2D eigenvalue weighted by molar-refractivity contribution is 9.10. The third-order valence-corrected chi connectivity index (χ3v) is 3.18. The van der Waals surface area contributed by atoms with Gasteiger partial charge in [-0.05, 0) is 32.0 Å². The lowest BCUT2D eigenvalue weighted by molar-refractivity contribution is -0.123. The van der Waals surface area contributed by atoms with Crippen LogP contribution in [0.15, 0.2) is 33.3 Å². The molecule has 1 heterocycles. The summed E-state index contributed by atoms with van der Waals surface area (Å²) in [4.78, 5) is 23.7. The van der Waals surface area contributed by atoms with E-state index in [-0.39, 0.29) is 11.4 Å². The van der Waals surface area contributed by atoms with Crippen molar-refractivity contribution < 1.29 is 23.2 Å². The Morgan fingerprint density at radius 1 is 1.41 bits per heavy atom. The summed E-state index contributed by atoms with van der Waals surface area (Å²) >= 11 is 3.09. The van der Waals surface area contributed by atoms with E-state index in [1.165, 1.54) is 25.1 Å². The van der Waals surface area contributed by atoms with Gasteiger partial charge >= 0.3 is 5.97 Å². The number of carbonyl (C=O) groups excluding carboxylic acids is 2. The Balaban J connectivity index is 1.99. The molecule has 22 heavy (non-hydrogen) atoms. The molecular formula is C14H12BrFN2O4. The predicted molar refractivity (Wildman–Crippen MR) is 78.8 cm³/mol. The molecule has 1 N–H and O–H groups in total. The first kappa shape index (κ1) is 16.2. The van der Waals surface area contributed by atoms with E-state index in [0.717, 1.165) is 6.07 Å². The highest BCUT2D eigenvalue weighted by Gasteiger charge is 2.22. The van der Waals surface area contributed by atoms with Crippen LogP contribution in [0.2, 0.25) is 0 Å². The Morgan fingerprint density at radius 2 is 2.14 bits per heavy atom. The van der Waals surface area contributed by atoms with E-state index in [4.69, 9.17) is 9.26 Å². The lowest BCUT2D eigenvalue weighted by Gasteiger charge is -2.12. The van der Waals surface area contributed by atoms with Crippen molar-refractivity contribution in [3.05, 3.63) is 45.9 Å². The number of aromatic nitrogens is 1. The third kappa shape index (κ3) is 3.91. The number of nitrogens with one attached hydrogen (secondary N) is 1. The second kappa shape index (κ2) is 6.69. The van der Waals surface area contributed by atoms with Crippen LogP contribution in [-0.2, 0) is 9.53 Å². The summed E-state index contributed by atoms with van der Waals surface area (Å²) in [6, 6.07) is 5.43. The molecule has 2 rings (SSSR count). The molecule has 0 saturated carbocycles. The molecule has 0 aliphatic rings. The summed E-state index contributed by atoms with van der Waals surface area (Å²) in [6.07, 6.45) is -1.12. The monoisotopic (exact) mass is 370 g/mol. The Morgan fingerprint density at radius 3 is 2.73 bits per heavy atom. The average molecular weight is 371 g/mol. The summed E-state index contributed by atoms with van der Waals surface area (Å²) in [7, 11) is 0. The summed E-state index contributed by atoms with van der Waals surface area (Å²) < 4.78 is 23.9. The standard InChI is InChI=1S/C14H12BrFN2O4/c1-7-5-12(18-22-7)17-13(19)8(2)21-14(20)10-4-3-9(15)6-11(10)16/h3-6,8H,1-2H3,(H,17,18,19).